The monoisotopic (exact) mass is 275 g/mol. The van der Waals surface area contributed by atoms with Gasteiger partial charge in [-0.15, -0.1) is 11.3 Å². The molecule has 19 heavy (non-hydrogen) atoms. The summed E-state index contributed by atoms with van der Waals surface area (Å²) in [6.07, 6.45) is 8.54. The first kappa shape index (κ1) is 12.4. The molecule has 4 saturated carbocycles. The van der Waals surface area contributed by atoms with Crippen molar-refractivity contribution >= 4 is 11.3 Å². The SMILES string of the molecule is CC(N)(Cc1cccs1)C1C2CC3CC(C2)CC1C3. The van der Waals surface area contributed by atoms with E-state index in [0.29, 0.717) is 0 Å². The van der Waals surface area contributed by atoms with Crippen molar-refractivity contribution in [3.05, 3.63) is 22.4 Å². The largest absolute Gasteiger partial charge is 0.325 e. The van der Waals surface area contributed by atoms with E-state index in [4.69, 9.17) is 5.73 Å². The minimum Gasteiger partial charge on any atom is -0.325 e. The molecule has 0 amide bonds. The van der Waals surface area contributed by atoms with Crippen LogP contribution in [0.3, 0.4) is 0 Å². The van der Waals surface area contributed by atoms with Gasteiger partial charge in [-0.1, -0.05) is 6.07 Å². The Morgan fingerprint density at radius 1 is 1.16 bits per heavy atom. The van der Waals surface area contributed by atoms with E-state index in [2.05, 4.69) is 24.4 Å². The van der Waals surface area contributed by atoms with Crippen molar-refractivity contribution in [3.8, 4) is 0 Å². The maximum Gasteiger partial charge on any atom is 0.0208 e. The molecule has 0 spiro atoms. The summed E-state index contributed by atoms with van der Waals surface area (Å²) in [6.45, 7) is 2.33. The standard InChI is InChI=1S/C17H25NS/c1-17(18,10-15-3-2-4-19-15)16-13-6-11-5-12(8-13)9-14(16)7-11/h2-4,11-14,16H,5-10,18H2,1H3. The molecule has 1 aromatic rings. The van der Waals surface area contributed by atoms with Crippen LogP contribution in [0.15, 0.2) is 17.5 Å². The fraction of sp³-hybridized carbons (Fsp3) is 0.765. The number of rotatable bonds is 3. The molecule has 0 aromatic carbocycles. The fourth-order valence-corrected chi connectivity index (χ4v) is 6.79. The summed E-state index contributed by atoms with van der Waals surface area (Å²) in [5.41, 5.74) is 6.85. The lowest BCUT2D eigenvalue weighted by molar-refractivity contribution is -0.0658. The van der Waals surface area contributed by atoms with Crippen molar-refractivity contribution in [2.45, 2.75) is 51.0 Å². The van der Waals surface area contributed by atoms with Gasteiger partial charge in [0.05, 0.1) is 0 Å². The molecule has 1 nitrogen and oxygen atoms in total. The van der Waals surface area contributed by atoms with Crippen molar-refractivity contribution in [2.75, 3.05) is 0 Å². The normalized spacial score (nSPS) is 43.4. The Hall–Kier alpha value is -0.340. The highest BCUT2D eigenvalue weighted by atomic mass is 32.1. The smallest absolute Gasteiger partial charge is 0.0208 e. The van der Waals surface area contributed by atoms with Gasteiger partial charge in [-0.3, -0.25) is 0 Å². The van der Waals surface area contributed by atoms with Gasteiger partial charge in [0.2, 0.25) is 0 Å². The fourth-order valence-electron chi connectivity index (χ4n) is 5.91. The van der Waals surface area contributed by atoms with Gasteiger partial charge in [0, 0.05) is 10.4 Å². The zero-order chi connectivity index (χ0) is 13.0. The lowest BCUT2D eigenvalue weighted by Gasteiger charge is -2.58. The quantitative estimate of drug-likeness (QED) is 0.883. The van der Waals surface area contributed by atoms with Crippen molar-refractivity contribution in [2.24, 2.45) is 35.3 Å². The van der Waals surface area contributed by atoms with E-state index in [9.17, 15) is 0 Å². The molecule has 4 aliphatic rings. The lowest BCUT2D eigenvalue weighted by atomic mass is 9.48. The van der Waals surface area contributed by atoms with Crippen molar-refractivity contribution in [1.82, 2.24) is 0 Å². The van der Waals surface area contributed by atoms with E-state index in [-0.39, 0.29) is 5.54 Å². The molecule has 2 N–H and O–H groups in total. The zero-order valence-corrected chi connectivity index (χ0v) is 12.7. The van der Waals surface area contributed by atoms with E-state index >= 15 is 0 Å². The summed E-state index contributed by atoms with van der Waals surface area (Å²) >= 11 is 1.87. The first-order valence-electron chi connectivity index (χ1n) is 7.93. The van der Waals surface area contributed by atoms with Crippen LogP contribution in [0.1, 0.15) is 43.9 Å². The Labute approximate surface area is 120 Å². The Balaban J connectivity index is 1.57. The van der Waals surface area contributed by atoms with Crippen LogP contribution in [0.25, 0.3) is 0 Å². The predicted octanol–water partition coefficient (Wildman–Crippen LogP) is 4.08. The highest BCUT2D eigenvalue weighted by Gasteiger charge is 2.52. The van der Waals surface area contributed by atoms with Gasteiger partial charge in [-0.2, -0.15) is 0 Å². The van der Waals surface area contributed by atoms with Crippen molar-refractivity contribution < 1.29 is 0 Å². The van der Waals surface area contributed by atoms with Crippen LogP contribution >= 0.6 is 11.3 Å². The zero-order valence-electron chi connectivity index (χ0n) is 11.8. The molecule has 2 heteroatoms. The van der Waals surface area contributed by atoms with E-state index in [1.807, 2.05) is 11.3 Å². The molecule has 0 aliphatic heterocycles. The van der Waals surface area contributed by atoms with E-state index in [1.54, 1.807) is 0 Å². The second-order valence-electron chi connectivity index (χ2n) is 7.72. The van der Waals surface area contributed by atoms with Crippen LogP contribution in [0.4, 0.5) is 0 Å². The summed E-state index contributed by atoms with van der Waals surface area (Å²) in [5, 5.41) is 2.18. The van der Waals surface area contributed by atoms with Gasteiger partial charge in [0.15, 0.2) is 0 Å². The van der Waals surface area contributed by atoms with E-state index < -0.39 is 0 Å². The van der Waals surface area contributed by atoms with Crippen LogP contribution in [-0.4, -0.2) is 5.54 Å². The Morgan fingerprint density at radius 3 is 2.32 bits per heavy atom. The topological polar surface area (TPSA) is 26.0 Å². The molecule has 4 aliphatic carbocycles. The second-order valence-corrected chi connectivity index (χ2v) is 8.75. The summed E-state index contributed by atoms with van der Waals surface area (Å²) in [5.74, 6) is 4.76. The van der Waals surface area contributed by atoms with E-state index in [1.165, 1.54) is 37.0 Å². The molecule has 0 saturated heterocycles. The summed E-state index contributed by atoms with van der Waals surface area (Å²) in [6, 6.07) is 4.42. The predicted molar refractivity (Wildman–Crippen MR) is 81.2 cm³/mol. The highest BCUT2D eigenvalue weighted by molar-refractivity contribution is 7.09. The van der Waals surface area contributed by atoms with Crippen molar-refractivity contribution in [1.29, 1.82) is 0 Å². The highest BCUT2D eigenvalue weighted by Crippen LogP contribution is 2.59. The third-order valence-electron chi connectivity index (χ3n) is 6.12. The molecule has 1 atom stereocenters. The third-order valence-corrected chi connectivity index (χ3v) is 7.00. The molecule has 4 fully saturated rings. The summed E-state index contributed by atoms with van der Waals surface area (Å²) in [4.78, 5) is 1.47. The number of nitrogens with two attached hydrogens (primary N) is 1. The van der Waals surface area contributed by atoms with Gasteiger partial charge >= 0.3 is 0 Å². The van der Waals surface area contributed by atoms with Gasteiger partial charge in [-0.25, -0.2) is 0 Å². The van der Waals surface area contributed by atoms with Crippen LogP contribution in [0.2, 0.25) is 0 Å². The number of hydrogen-bond acceptors (Lipinski definition) is 2. The molecular weight excluding hydrogens is 250 g/mol. The van der Waals surface area contributed by atoms with E-state index in [0.717, 1.165) is 36.0 Å². The first-order chi connectivity index (χ1) is 9.12. The molecule has 1 unspecified atom stereocenters. The van der Waals surface area contributed by atoms with Crippen LogP contribution in [0.5, 0.6) is 0 Å². The Bertz CT molecular complexity index is 420. The lowest BCUT2D eigenvalue weighted by Crippen LogP contribution is -2.58. The number of thiophene rings is 1. The maximum atomic E-state index is 6.84. The minimum atomic E-state index is 0.00741. The average molecular weight is 275 g/mol. The van der Waals surface area contributed by atoms with Gasteiger partial charge < -0.3 is 5.73 Å². The third kappa shape index (κ3) is 2.08. The maximum absolute atomic E-state index is 6.84. The molecule has 4 bridgehead atoms. The number of hydrogen-bond donors (Lipinski definition) is 1. The van der Waals surface area contributed by atoms with Gasteiger partial charge in [0.25, 0.3) is 0 Å². The molecule has 0 radical (unpaired) electrons. The van der Waals surface area contributed by atoms with Crippen LogP contribution < -0.4 is 5.73 Å². The van der Waals surface area contributed by atoms with Crippen LogP contribution in [-0.2, 0) is 6.42 Å². The average Bonchev–Trinajstić information content (AvgIpc) is 2.78. The Morgan fingerprint density at radius 2 is 1.79 bits per heavy atom. The Kier molecular flexibility index (Phi) is 2.82. The van der Waals surface area contributed by atoms with Crippen molar-refractivity contribution in [3.63, 3.8) is 0 Å². The molecule has 1 aromatic heterocycles. The second kappa shape index (κ2) is 4.33. The molecule has 5 rings (SSSR count). The van der Waals surface area contributed by atoms with Gasteiger partial charge in [0.1, 0.15) is 0 Å². The first-order valence-corrected chi connectivity index (χ1v) is 8.81. The van der Waals surface area contributed by atoms with Crippen LogP contribution in [0, 0.1) is 29.6 Å². The summed E-state index contributed by atoms with van der Waals surface area (Å²) < 4.78 is 0. The molecular formula is C17H25NS. The summed E-state index contributed by atoms with van der Waals surface area (Å²) in [7, 11) is 0. The molecule has 1 heterocycles. The minimum absolute atomic E-state index is 0.00741. The molecule has 104 valence electrons. The van der Waals surface area contributed by atoms with Gasteiger partial charge in [-0.05, 0) is 86.5 Å².